The lowest BCUT2D eigenvalue weighted by Crippen LogP contribution is -2.37. The number of hydrogen-bond acceptors (Lipinski definition) is 2. The van der Waals surface area contributed by atoms with E-state index in [1.54, 1.807) is 18.1 Å². The zero-order chi connectivity index (χ0) is 12.5. The van der Waals surface area contributed by atoms with E-state index in [1.807, 2.05) is 40.7 Å². The molecule has 0 spiro atoms. The molecule has 0 aliphatic carbocycles. The third-order valence-corrected chi connectivity index (χ3v) is 2.65. The second-order valence-electron chi connectivity index (χ2n) is 5.24. The van der Waals surface area contributed by atoms with Gasteiger partial charge in [-0.05, 0) is 31.0 Å². The molecule has 1 heterocycles. The molecule has 0 N–H and O–H groups in total. The fourth-order valence-electron chi connectivity index (χ4n) is 1.40. The van der Waals surface area contributed by atoms with Crippen LogP contribution in [0.15, 0.2) is 12.3 Å². The Morgan fingerprint density at radius 2 is 1.81 bits per heavy atom. The molecule has 0 fully saturated rings. The molecule has 0 aromatic carbocycles. The lowest BCUT2D eigenvalue weighted by atomic mass is 9.95. The van der Waals surface area contributed by atoms with Crippen LogP contribution in [0.5, 0.6) is 0 Å². The number of aryl methyl sites for hydroxylation is 2. The van der Waals surface area contributed by atoms with Gasteiger partial charge in [0, 0.05) is 18.7 Å². The minimum absolute atomic E-state index is 0.0725. The minimum atomic E-state index is -0.380. The number of carbonyl (C=O) groups excluding carboxylic acids is 1. The molecule has 1 aromatic rings. The van der Waals surface area contributed by atoms with Crippen LogP contribution in [0.3, 0.4) is 0 Å². The largest absolute Gasteiger partial charge is 0.300 e. The van der Waals surface area contributed by atoms with Gasteiger partial charge in [-0.3, -0.25) is 9.69 Å². The van der Waals surface area contributed by atoms with Crippen molar-refractivity contribution in [2.75, 3.05) is 11.9 Å². The average Bonchev–Trinajstić information content (AvgIpc) is 2.18. The zero-order valence-corrected chi connectivity index (χ0v) is 11.0. The van der Waals surface area contributed by atoms with Gasteiger partial charge < -0.3 is 0 Å². The SMILES string of the molecule is Cc1cnc(N(C)C(=O)C(C)(C)C)cc1C. The lowest BCUT2D eigenvalue weighted by Gasteiger charge is -2.25. The molecule has 0 radical (unpaired) electrons. The summed E-state index contributed by atoms with van der Waals surface area (Å²) in [5, 5.41) is 0. The van der Waals surface area contributed by atoms with E-state index in [4.69, 9.17) is 0 Å². The first-order valence-electron chi connectivity index (χ1n) is 5.45. The van der Waals surface area contributed by atoms with Gasteiger partial charge in [0.05, 0.1) is 0 Å². The Kier molecular flexibility index (Phi) is 3.36. The first kappa shape index (κ1) is 12.7. The van der Waals surface area contributed by atoms with E-state index >= 15 is 0 Å². The Morgan fingerprint density at radius 1 is 1.25 bits per heavy atom. The van der Waals surface area contributed by atoms with Gasteiger partial charge in [0.25, 0.3) is 0 Å². The second kappa shape index (κ2) is 4.24. The van der Waals surface area contributed by atoms with Crippen LogP contribution in [-0.4, -0.2) is 17.9 Å². The summed E-state index contributed by atoms with van der Waals surface area (Å²) in [6, 6.07) is 1.94. The molecular weight excluding hydrogens is 200 g/mol. The van der Waals surface area contributed by atoms with Gasteiger partial charge in [-0.25, -0.2) is 4.98 Å². The number of hydrogen-bond donors (Lipinski definition) is 0. The standard InChI is InChI=1S/C13H20N2O/c1-9-7-11(14-8-10(9)2)15(6)12(16)13(3,4)5/h7-8H,1-6H3. The number of carbonyl (C=O) groups is 1. The van der Waals surface area contributed by atoms with Crippen molar-refractivity contribution in [1.82, 2.24) is 4.98 Å². The highest BCUT2D eigenvalue weighted by Gasteiger charge is 2.26. The fourth-order valence-corrected chi connectivity index (χ4v) is 1.40. The van der Waals surface area contributed by atoms with Crippen LogP contribution < -0.4 is 4.90 Å². The van der Waals surface area contributed by atoms with Gasteiger partial charge in [-0.15, -0.1) is 0 Å². The summed E-state index contributed by atoms with van der Waals surface area (Å²) in [6.45, 7) is 9.76. The number of anilines is 1. The predicted octanol–water partition coefficient (Wildman–Crippen LogP) is 2.71. The Balaban J connectivity index is 3.01. The molecule has 0 aliphatic rings. The molecule has 1 aromatic heterocycles. The predicted molar refractivity (Wildman–Crippen MR) is 66.6 cm³/mol. The van der Waals surface area contributed by atoms with Gasteiger partial charge in [-0.1, -0.05) is 20.8 Å². The highest BCUT2D eigenvalue weighted by Crippen LogP contribution is 2.21. The normalized spacial score (nSPS) is 11.4. The molecule has 3 heteroatoms. The van der Waals surface area contributed by atoms with Crippen molar-refractivity contribution in [1.29, 1.82) is 0 Å². The van der Waals surface area contributed by atoms with Crippen molar-refractivity contribution in [3.63, 3.8) is 0 Å². The molecular formula is C13H20N2O. The topological polar surface area (TPSA) is 33.2 Å². The van der Waals surface area contributed by atoms with Crippen LogP contribution in [-0.2, 0) is 4.79 Å². The molecule has 0 saturated heterocycles. The van der Waals surface area contributed by atoms with Crippen molar-refractivity contribution in [3.05, 3.63) is 23.4 Å². The summed E-state index contributed by atoms with van der Waals surface area (Å²) in [6.07, 6.45) is 1.80. The molecule has 88 valence electrons. The second-order valence-corrected chi connectivity index (χ2v) is 5.24. The van der Waals surface area contributed by atoms with Crippen LogP contribution in [0.2, 0.25) is 0 Å². The molecule has 0 aliphatic heterocycles. The first-order valence-corrected chi connectivity index (χ1v) is 5.45. The molecule has 0 saturated carbocycles. The monoisotopic (exact) mass is 220 g/mol. The van der Waals surface area contributed by atoms with E-state index in [1.165, 1.54) is 0 Å². The average molecular weight is 220 g/mol. The summed E-state index contributed by atoms with van der Waals surface area (Å²) >= 11 is 0. The highest BCUT2D eigenvalue weighted by atomic mass is 16.2. The zero-order valence-electron chi connectivity index (χ0n) is 11.0. The maximum Gasteiger partial charge on any atom is 0.233 e. The Hall–Kier alpha value is -1.38. The van der Waals surface area contributed by atoms with Gasteiger partial charge in [0.2, 0.25) is 5.91 Å². The van der Waals surface area contributed by atoms with E-state index in [0.717, 1.165) is 11.1 Å². The molecule has 16 heavy (non-hydrogen) atoms. The van der Waals surface area contributed by atoms with Crippen molar-refractivity contribution in [2.45, 2.75) is 34.6 Å². The molecule has 1 amide bonds. The minimum Gasteiger partial charge on any atom is -0.300 e. The number of pyridine rings is 1. The van der Waals surface area contributed by atoms with Gasteiger partial charge in [0.1, 0.15) is 5.82 Å². The molecule has 3 nitrogen and oxygen atoms in total. The Labute approximate surface area is 97.5 Å². The van der Waals surface area contributed by atoms with Crippen LogP contribution in [0.25, 0.3) is 0 Å². The van der Waals surface area contributed by atoms with E-state index in [9.17, 15) is 4.79 Å². The van der Waals surface area contributed by atoms with Crippen LogP contribution in [0.1, 0.15) is 31.9 Å². The maximum absolute atomic E-state index is 12.0. The summed E-state index contributed by atoms with van der Waals surface area (Å²) < 4.78 is 0. The van der Waals surface area contributed by atoms with Crippen molar-refractivity contribution < 1.29 is 4.79 Å². The van der Waals surface area contributed by atoms with Crippen LogP contribution in [0, 0.1) is 19.3 Å². The number of aromatic nitrogens is 1. The van der Waals surface area contributed by atoms with E-state index < -0.39 is 0 Å². The maximum atomic E-state index is 12.0. The number of rotatable bonds is 1. The van der Waals surface area contributed by atoms with Crippen LogP contribution in [0.4, 0.5) is 5.82 Å². The van der Waals surface area contributed by atoms with Crippen LogP contribution >= 0.6 is 0 Å². The molecule has 0 bridgehead atoms. The fraction of sp³-hybridized carbons (Fsp3) is 0.538. The van der Waals surface area contributed by atoms with E-state index in [0.29, 0.717) is 5.82 Å². The number of nitrogens with zero attached hydrogens (tertiary/aromatic N) is 2. The van der Waals surface area contributed by atoms with Crippen molar-refractivity contribution >= 4 is 11.7 Å². The summed E-state index contributed by atoms with van der Waals surface area (Å²) in [7, 11) is 1.77. The van der Waals surface area contributed by atoms with Gasteiger partial charge in [0.15, 0.2) is 0 Å². The van der Waals surface area contributed by atoms with Crippen molar-refractivity contribution in [2.24, 2.45) is 5.41 Å². The van der Waals surface area contributed by atoms with E-state index in [-0.39, 0.29) is 11.3 Å². The smallest absolute Gasteiger partial charge is 0.233 e. The van der Waals surface area contributed by atoms with Gasteiger partial charge in [-0.2, -0.15) is 0 Å². The van der Waals surface area contributed by atoms with Crippen molar-refractivity contribution in [3.8, 4) is 0 Å². The molecule has 0 atom stereocenters. The van der Waals surface area contributed by atoms with Gasteiger partial charge >= 0.3 is 0 Å². The summed E-state index contributed by atoms with van der Waals surface area (Å²) in [5.41, 5.74) is 1.91. The highest BCUT2D eigenvalue weighted by molar-refractivity contribution is 5.95. The van der Waals surface area contributed by atoms with E-state index in [2.05, 4.69) is 4.98 Å². The summed E-state index contributed by atoms with van der Waals surface area (Å²) in [5.74, 6) is 0.784. The third kappa shape index (κ3) is 2.60. The first-order chi connectivity index (χ1) is 7.23. The Morgan fingerprint density at radius 3 is 2.25 bits per heavy atom. The summed E-state index contributed by atoms with van der Waals surface area (Å²) in [4.78, 5) is 17.9. The third-order valence-electron chi connectivity index (χ3n) is 2.65. The molecule has 0 unspecified atom stereocenters. The quantitative estimate of drug-likeness (QED) is 0.729. The molecule has 1 rings (SSSR count). The Bertz CT molecular complexity index is 405. The number of amides is 1. The lowest BCUT2D eigenvalue weighted by molar-refractivity contribution is -0.125.